The number of sulfone groups is 1. The van der Waals surface area contributed by atoms with Crippen LogP contribution in [0, 0.1) is 12.3 Å². The van der Waals surface area contributed by atoms with Crippen LogP contribution >= 0.6 is 0 Å². The van der Waals surface area contributed by atoms with Gasteiger partial charge in [0.15, 0.2) is 9.84 Å². The minimum Gasteiger partial charge on any atom is -0.388 e. The van der Waals surface area contributed by atoms with E-state index in [1.807, 2.05) is 0 Å². The van der Waals surface area contributed by atoms with Crippen molar-refractivity contribution in [2.45, 2.75) is 18.4 Å². The summed E-state index contributed by atoms with van der Waals surface area (Å²) in [7, 11) is -3.02. The molecule has 1 rings (SSSR count). The van der Waals surface area contributed by atoms with Crippen LogP contribution in [0.3, 0.4) is 0 Å². The van der Waals surface area contributed by atoms with Gasteiger partial charge in [-0.2, -0.15) is 0 Å². The first kappa shape index (κ1) is 8.57. The molecule has 0 unspecified atom stereocenters. The van der Waals surface area contributed by atoms with E-state index < -0.39 is 15.4 Å². The zero-order chi connectivity index (χ0) is 8.54. The molecule has 0 aromatic carbocycles. The molecule has 0 amide bonds. The fraction of sp³-hybridized carbons (Fsp3) is 0.714. The molecule has 1 aliphatic heterocycles. The number of hydrogen-bond acceptors (Lipinski definition) is 3. The molecular formula is C7H10O3S. The molecule has 62 valence electrons. The van der Waals surface area contributed by atoms with Crippen LogP contribution < -0.4 is 0 Å². The lowest BCUT2D eigenvalue weighted by Gasteiger charge is -2.15. The van der Waals surface area contributed by atoms with E-state index in [1.54, 1.807) is 0 Å². The van der Waals surface area contributed by atoms with Gasteiger partial charge in [0, 0.05) is 6.42 Å². The van der Waals surface area contributed by atoms with E-state index in [4.69, 9.17) is 6.42 Å². The van der Waals surface area contributed by atoms with Crippen molar-refractivity contribution in [1.82, 2.24) is 0 Å². The topological polar surface area (TPSA) is 54.4 Å². The quantitative estimate of drug-likeness (QED) is 0.548. The van der Waals surface area contributed by atoms with Gasteiger partial charge < -0.3 is 5.11 Å². The summed E-state index contributed by atoms with van der Waals surface area (Å²) in [5.74, 6) is 2.16. The van der Waals surface area contributed by atoms with E-state index in [9.17, 15) is 13.5 Å². The highest BCUT2D eigenvalue weighted by molar-refractivity contribution is 7.91. The van der Waals surface area contributed by atoms with Gasteiger partial charge in [-0.05, 0) is 6.42 Å². The molecule has 0 saturated carbocycles. The third-order valence-electron chi connectivity index (χ3n) is 1.80. The SMILES string of the molecule is C#CC[C@]1(O)CCS(=O)(=O)C1. The van der Waals surface area contributed by atoms with E-state index >= 15 is 0 Å². The first-order valence-corrected chi connectivity index (χ1v) is 5.16. The predicted octanol–water partition coefficient (Wildman–Crippen LogP) is -0.441. The molecule has 1 atom stereocenters. The molecule has 0 bridgehead atoms. The van der Waals surface area contributed by atoms with Crippen molar-refractivity contribution in [3.63, 3.8) is 0 Å². The molecule has 4 heteroatoms. The Labute approximate surface area is 66.3 Å². The normalized spacial score (nSPS) is 34.9. The standard InChI is InChI=1S/C7H10O3S/c1-2-3-7(8)4-5-11(9,10)6-7/h1,8H,3-6H2/t7-/m0/s1. The zero-order valence-electron chi connectivity index (χ0n) is 6.08. The average molecular weight is 174 g/mol. The lowest BCUT2D eigenvalue weighted by atomic mass is 10.0. The van der Waals surface area contributed by atoms with Gasteiger partial charge in [0.25, 0.3) is 0 Å². The Morgan fingerprint density at radius 1 is 1.64 bits per heavy atom. The fourth-order valence-corrected chi connectivity index (χ4v) is 3.13. The van der Waals surface area contributed by atoms with Crippen LogP contribution in [-0.2, 0) is 9.84 Å². The minimum absolute atomic E-state index is 0.0607. The molecule has 11 heavy (non-hydrogen) atoms. The highest BCUT2D eigenvalue weighted by atomic mass is 32.2. The number of aliphatic hydroxyl groups is 1. The Kier molecular flexibility index (Phi) is 1.95. The van der Waals surface area contributed by atoms with E-state index in [2.05, 4.69) is 5.92 Å². The van der Waals surface area contributed by atoms with Gasteiger partial charge in [0.1, 0.15) is 0 Å². The van der Waals surface area contributed by atoms with Crippen molar-refractivity contribution in [2.75, 3.05) is 11.5 Å². The van der Waals surface area contributed by atoms with Crippen molar-refractivity contribution in [1.29, 1.82) is 0 Å². The maximum Gasteiger partial charge on any atom is 0.153 e. The third kappa shape index (κ3) is 1.95. The average Bonchev–Trinajstić information content (AvgIpc) is 2.07. The van der Waals surface area contributed by atoms with Crippen LogP contribution in [0.2, 0.25) is 0 Å². The summed E-state index contributed by atoms with van der Waals surface area (Å²) in [6, 6.07) is 0. The second kappa shape index (κ2) is 2.50. The van der Waals surface area contributed by atoms with Crippen LogP contribution in [0.25, 0.3) is 0 Å². The second-order valence-electron chi connectivity index (χ2n) is 2.95. The van der Waals surface area contributed by atoms with E-state index in [0.717, 1.165) is 0 Å². The van der Waals surface area contributed by atoms with Crippen molar-refractivity contribution in [3.8, 4) is 12.3 Å². The summed E-state index contributed by atoms with van der Waals surface area (Å²) in [6.07, 6.45) is 5.39. The van der Waals surface area contributed by atoms with Gasteiger partial charge >= 0.3 is 0 Å². The van der Waals surface area contributed by atoms with Crippen LogP contribution in [0.15, 0.2) is 0 Å². The van der Waals surface area contributed by atoms with Crippen LogP contribution in [0.5, 0.6) is 0 Å². The number of hydrogen-bond donors (Lipinski definition) is 1. The fourth-order valence-electron chi connectivity index (χ4n) is 1.23. The number of terminal acetylenes is 1. The van der Waals surface area contributed by atoms with Gasteiger partial charge in [0.2, 0.25) is 0 Å². The smallest absolute Gasteiger partial charge is 0.153 e. The summed E-state index contributed by atoms with van der Waals surface area (Å²) in [5, 5.41) is 9.51. The highest BCUT2D eigenvalue weighted by Crippen LogP contribution is 2.25. The molecule has 1 fully saturated rings. The Morgan fingerprint density at radius 3 is 2.64 bits per heavy atom. The molecule has 3 nitrogen and oxygen atoms in total. The van der Waals surface area contributed by atoms with E-state index in [1.165, 1.54) is 0 Å². The molecule has 1 heterocycles. The van der Waals surface area contributed by atoms with Gasteiger partial charge in [-0.15, -0.1) is 12.3 Å². The summed E-state index contributed by atoms with van der Waals surface area (Å²) in [4.78, 5) is 0. The Balaban J connectivity index is 2.75. The van der Waals surface area contributed by atoms with Crippen LogP contribution in [0.1, 0.15) is 12.8 Å². The van der Waals surface area contributed by atoms with Crippen molar-refractivity contribution >= 4 is 9.84 Å². The third-order valence-corrected chi connectivity index (χ3v) is 3.60. The maximum atomic E-state index is 10.9. The molecule has 0 aliphatic carbocycles. The van der Waals surface area contributed by atoms with Crippen molar-refractivity contribution in [2.24, 2.45) is 0 Å². The van der Waals surface area contributed by atoms with Crippen LogP contribution in [-0.4, -0.2) is 30.6 Å². The molecule has 0 aromatic heterocycles. The van der Waals surface area contributed by atoms with E-state index in [-0.39, 0.29) is 24.3 Å². The summed E-state index contributed by atoms with van der Waals surface area (Å²) in [6.45, 7) is 0. The molecule has 1 saturated heterocycles. The zero-order valence-corrected chi connectivity index (χ0v) is 6.89. The lowest BCUT2D eigenvalue weighted by Crippen LogP contribution is -2.29. The largest absolute Gasteiger partial charge is 0.388 e. The summed E-state index contributed by atoms with van der Waals surface area (Å²) in [5.41, 5.74) is -1.15. The van der Waals surface area contributed by atoms with Crippen LogP contribution in [0.4, 0.5) is 0 Å². The van der Waals surface area contributed by atoms with E-state index in [0.29, 0.717) is 0 Å². The van der Waals surface area contributed by atoms with Crippen molar-refractivity contribution < 1.29 is 13.5 Å². The highest BCUT2D eigenvalue weighted by Gasteiger charge is 2.39. The second-order valence-corrected chi connectivity index (χ2v) is 5.13. The molecular weight excluding hydrogens is 164 g/mol. The summed E-state index contributed by atoms with van der Waals surface area (Å²) >= 11 is 0. The first-order chi connectivity index (χ1) is 4.97. The molecule has 0 radical (unpaired) electrons. The Bertz CT molecular complexity index is 285. The van der Waals surface area contributed by atoms with Gasteiger partial charge in [-0.1, -0.05) is 0 Å². The molecule has 1 aliphatic rings. The Morgan fingerprint density at radius 2 is 2.27 bits per heavy atom. The predicted molar refractivity (Wildman–Crippen MR) is 41.7 cm³/mol. The maximum absolute atomic E-state index is 10.9. The summed E-state index contributed by atoms with van der Waals surface area (Å²) < 4.78 is 21.8. The lowest BCUT2D eigenvalue weighted by molar-refractivity contribution is 0.0733. The number of rotatable bonds is 1. The monoisotopic (exact) mass is 174 g/mol. The van der Waals surface area contributed by atoms with Gasteiger partial charge in [0.05, 0.1) is 17.1 Å². The molecule has 0 aromatic rings. The molecule has 0 spiro atoms. The Hall–Kier alpha value is -0.530. The van der Waals surface area contributed by atoms with Gasteiger partial charge in [-0.3, -0.25) is 0 Å². The van der Waals surface area contributed by atoms with Crippen molar-refractivity contribution in [3.05, 3.63) is 0 Å². The molecule has 1 N–H and O–H groups in total. The minimum atomic E-state index is -3.02. The van der Waals surface area contributed by atoms with Gasteiger partial charge in [-0.25, -0.2) is 8.42 Å². The first-order valence-electron chi connectivity index (χ1n) is 3.34.